The number of ether oxygens (including phenoxy) is 1. The molecule has 0 saturated carbocycles. The van der Waals surface area contributed by atoms with E-state index in [1.54, 1.807) is 12.1 Å². The summed E-state index contributed by atoms with van der Waals surface area (Å²) in [5.74, 6) is -0.995. The van der Waals surface area contributed by atoms with Crippen molar-refractivity contribution in [3.05, 3.63) is 54.1 Å². The van der Waals surface area contributed by atoms with Gasteiger partial charge in [-0.25, -0.2) is 8.42 Å². The molecule has 10 heteroatoms. The van der Waals surface area contributed by atoms with E-state index in [0.29, 0.717) is 18.7 Å². The van der Waals surface area contributed by atoms with E-state index in [4.69, 9.17) is 0 Å². The van der Waals surface area contributed by atoms with Crippen molar-refractivity contribution in [3.8, 4) is 5.75 Å². The lowest BCUT2D eigenvalue weighted by Gasteiger charge is -2.17. The normalized spacial score (nSPS) is 16.2. The maximum absolute atomic E-state index is 12.4. The van der Waals surface area contributed by atoms with Gasteiger partial charge in [-0.15, -0.1) is 13.2 Å². The van der Waals surface area contributed by atoms with E-state index in [1.165, 1.54) is 28.6 Å². The first kappa shape index (κ1) is 19.0. The number of carbonyl (C=O) groups is 1. The van der Waals surface area contributed by atoms with Gasteiger partial charge in [-0.3, -0.25) is 9.10 Å². The summed E-state index contributed by atoms with van der Waals surface area (Å²) in [5.41, 5.74) is 0.659. The summed E-state index contributed by atoms with van der Waals surface area (Å²) in [4.78, 5) is 12.4. The van der Waals surface area contributed by atoms with E-state index >= 15 is 0 Å². The van der Waals surface area contributed by atoms with Gasteiger partial charge in [0.15, 0.2) is 0 Å². The quantitative estimate of drug-likeness (QED) is 0.854. The Morgan fingerprint density at radius 2 is 1.85 bits per heavy atom. The average Bonchev–Trinajstić information content (AvgIpc) is 2.93. The van der Waals surface area contributed by atoms with Gasteiger partial charge in [0, 0.05) is 23.9 Å². The molecule has 0 spiro atoms. The van der Waals surface area contributed by atoms with Crippen LogP contribution < -0.4 is 14.4 Å². The van der Waals surface area contributed by atoms with Crippen molar-refractivity contribution in [3.63, 3.8) is 0 Å². The molecule has 2 aromatic rings. The standard InChI is InChI=1S/C17H15F3N2O4S/c18-17(19,20)26-15-7-2-5-13(11-15)21-16(23)12-4-1-6-14(10-12)22-8-3-9-27(22,24)25/h1-2,4-7,10-11H,3,8-9H2,(H,21,23). The van der Waals surface area contributed by atoms with Gasteiger partial charge in [-0.05, 0) is 36.8 Å². The topological polar surface area (TPSA) is 75.7 Å². The van der Waals surface area contributed by atoms with Gasteiger partial charge >= 0.3 is 6.36 Å². The molecular formula is C17H15F3N2O4S. The van der Waals surface area contributed by atoms with Crippen LogP contribution in [0.15, 0.2) is 48.5 Å². The third-order valence-corrected chi connectivity index (χ3v) is 5.69. The molecule has 27 heavy (non-hydrogen) atoms. The van der Waals surface area contributed by atoms with Crippen LogP contribution in [0.1, 0.15) is 16.8 Å². The summed E-state index contributed by atoms with van der Waals surface area (Å²) in [6, 6.07) is 10.9. The Bertz CT molecular complexity index is 961. The lowest BCUT2D eigenvalue weighted by atomic mass is 10.1. The number of halogens is 3. The molecule has 0 aromatic heterocycles. The number of hydrogen-bond donors (Lipinski definition) is 1. The molecule has 3 rings (SSSR count). The molecule has 6 nitrogen and oxygen atoms in total. The highest BCUT2D eigenvalue weighted by Crippen LogP contribution is 2.27. The second kappa shape index (κ2) is 7.10. The van der Waals surface area contributed by atoms with Crippen LogP contribution >= 0.6 is 0 Å². The number of amides is 1. The number of sulfonamides is 1. The molecule has 1 fully saturated rings. The van der Waals surface area contributed by atoms with Crippen molar-refractivity contribution in [2.75, 3.05) is 21.9 Å². The number of rotatable bonds is 4. The second-order valence-corrected chi connectivity index (χ2v) is 7.83. The SMILES string of the molecule is O=C(Nc1cccc(OC(F)(F)F)c1)c1cccc(N2CCCS2(=O)=O)c1. The van der Waals surface area contributed by atoms with Crippen molar-refractivity contribution >= 4 is 27.3 Å². The Labute approximate surface area is 153 Å². The molecular weight excluding hydrogens is 385 g/mol. The van der Waals surface area contributed by atoms with E-state index in [1.807, 2.05) is 0 Å². The highest BCUT2D eigenvalue weighted by Gasteiger charge is 2.31. The number of nitrogens with one attached hydrogen (secondary N) is 1. The minimum atomic E-state index is -4.84. The molecule has 1 heterocycles. The van der Waals surface area contributed by atoms with Crippen LogP contribution in [0.5, 0.6) is 5.75 Å². The highest BCUT2D eigenvalue weighted by atomic mass is 32.2. The van der Waals surface area contributed by atoms with Crippen LogP contribution in [-0.2, 0) is 10.0 Å². The maximum atomic E-state index is 12.4. The molecule has 1 N–H and O–H groups in total. The number of anilines is 2. The van der Waals surface area contributed by atoms with Crippen molar-refractivity contribution in [1.82, 2.24) is 0 Å². The molecule has 1 aliphatic rings. The number of alkyl halides is 3. The van der Waals surface area contributed by atoms with Gasteiger partial charge in [0.05, 0.1) is 11.4 Å². The van der Waals surface area contributed by atoms with Crippen LogP contribution in [-0.4, -0.2) is 33.0 Å². The first-order valence-electron chi connectivity index (χ1n) is 7.92. The number of nitrogens with zero attached hydrogens (tertiary/aromatic N) is 1. The lowest BCUT2D eigenvalue weighted by Crippen LogP contribution is -2.25. The zero-order valence-electron chi connectivity index (χ0n) is 13.9. The van der Waals surface area contributed by atoms with E-state index in [9.17, 15) is 26.4 Å². The average molecular weight is 400 g/mol. The third kappa shape index (κ3) is 4.70. The van der Waals surface area contributed by atoms with Gasteiger partial charge in [0.25, 0.3) is 5.91 Å². The Kier molecular flexibility index (Phi) is 5.01. The molecule has 0 atom stereocenters. The third-order valence-electron chi connectivity index (χ3n) is 3.82. The lowest BCUT2D eigenvalue weighted by molar-refractivity contribution is -0.274. The van der Waals surface area contributed by atoms with Gasteiger partial charge in [0.1, 0.15) is 5.75 Å². The smallest absolute Gasteiger partial charge is 0.406 e. The number of carbonyl (C=O) groups excluding carboxylic acids is 1. The summed E-state index contributed by atoms with van der Waals surface area (Å²) in [6.45, 7) is 0.338. The predicted molar refractivity (Wildman–Crippen MR) is 93.3 cm³/mol. The fourth-order valence-electron chi connectivity index (χ4n) is 2.71. The predicted octanol–water partition coefficient (Wildman–Crippen LogP) is 3.38. The number of hydrogen-bond acceptors (Lipinski definition) is 4. The summed E-state index contributed by atoms with van der Waals surface area (Å²) in [5, 5.41) is 2.47. The van der Waals surface area contributed by atoms with E-state index < -0.39 is 28.0 Å². The molecule has 1 saturated heterocycles. The molecule has 2 aromatic carbocycles. The zero-order valence-corrected chi connectivity index (χ0v) is 14.7. The van der Waals surface area contributed by atoms with E-state index in [2.05, 4.69) is 10.1 Å². The van der Waals surface area contributed by atoms with Crippen LogP contribution in [0.25, 0.3) is 0 Å². The molecule has 0 unspecified atom stereocenters. The minimum absolute atomic E-state index is 0.0510. The fraction of sp³-hybridized carbons (Fsp3) is 0.235. The van der Waals surface area contributed by atoms with Crippen molar-refractivity contribution in [1.29, 1.82) is 0 Å². The largest absolute Gasteiger partial charge is 0.573 e. The maximum Gasteiger partial charge on any atom is 0.573 e. The van der Waals surface area contributed by atoms with Crippen molar-refractivity contribution in [2.45, 2.75) is 12.8 Å². The van der Waals surface area contributed by atoms with Crippen molar-refractivity contribution < 1.29 is 31.1 Å². The van der Waals surface area contributed by atoms with Crippen LogP contribution in [0.2, 0.25) is 0 Å². The molecule has 1 aliphatic heterocycles. The first-order chi connectivity index (χ1) is 12.6. The molecule has 0 bridgehead atoms. The Morgan fingerprint density at radius 3 is 2.52 bits per heavy atom. The van der Waals surface area contributed by atoms with Crippen LogP contribution in [0, 0.1) is 0 Å². The van der Waals surface area contributed by atoms with Gasteiger partial charge in [-0.2, -0.15) is 0 Å². The Balaban J connectivity index is 1.77. The Hall–Kier alpha value is -2.75. The Morgan fingerprint density at radius 1 is 1.11 bits per heavy atom. The first-order valence-corrected chi connectivity index (χ1v) is 9.53. The molecule has 1 amide bonds. The van der Waals surface area contributed by atoms with Crippen LogP contribution in [0.3, 0.4) is 0 Å². The molecule has 0 aliphatic carbocycles. The van der Waals surface area contributed by atoms with Gasteiger partial charge in [0.2, 0.25) is 10.0 Å². The van der Waals surface area contributed by atoms with E-state index in [0.717, 1.165) is 12.1 Å². The fourth-order valence-corrected chi connectivity index (χ4v) is 4.26. The summed E-state index contributed by atoms with van der Waals surface area (Å²) < 4.78 is 65.9. The van der Waals surface area contributed by atoms with Crippen molar-refractivity contribution in [2.24, 2.45) is 0 Å². The molecule has 144 valence electrons. The monoisotopic (exact) mass is 400 g/mol. The number of benzene rings is 2. The minimum Gasteiger partial charge on any atom is -0.406 e. The van der Waals surface area contributed by atoms with Gasteiger partial charge < -0.3 is 10.1 Å². The summed E-state index contributed by atoms with van der Waals surface area (Å²) in [6.07, 6.45) is -4.33. The zero-order chi connectivity index (χ0) is 19.7. The summed E-state index contributed by atoms with van der Waals surface area (Å²) >= 11 is 0. The molecule has 0 radical (unpaired) electrons. The van der Waals surface area contributed by atoms with E-state index in [-0.39, 0.29) is 17.0 Å². The van der Waals surface area contributed by atoms with Gasteiger partial charge in [-0.1, -0.05) is 12.1 Å². The van der Waals surface area contributed by atoms with Crippen LogP contribution in [0.4, 0.5) is 24.5 Å². The highest BCUT2D eigenvalue weighted by molar-refractivity contribution is 7.93. The second-order valence-electron chi connectivity index (χ2n) is 5.82. The summed E-state index contributed by atoms with van der Waals surface area (Å²) in [7, 11) is -3.39.